The molecule has 21 heavy (non-hydrogen) atoms. The number of halogens is 2. The van der Waals surface area contributed by atoms with Gasteiger partial charge in [-0.3, -0.25) is 4.98 Å². The Kier molecular flexibility index (Phi) is 9.12. The lowest BCUT2D eigenvalue weighted by atomic mass is 10.1. The van der Waals surface area contributed by atoms with Crippen molar-refractivity contribution < 1.29 is 57.8 Å². The molecule has 1 aliphatic rings. The first-order chi connectivity index (χ1) is 9.47. The minimum atomic E-state index is -4.69. The zero-order valence-corrected chi connectivity index (χ0v) is 12.1. The van der Waals surface area contributed by atoms with E-state index in [1.807, 2.05) is 18.5 Å². The lowest BCUT2D eigenvalue weighted by Crippen LogP contribution is -2.58. The third kappa shape index (κ3) is 17.3. The maximum absolute atomic E-state index is 8.60. The molecule has 1 fully saturated rings. The van der Waals surface area contributed by atoms with Crippen LogP contribution in [0.2, 0.25) is 0 Å². The maximum Gasteiger partial charge on any atom is 0.0777 e. The highest BCUT2D eigenvalue weighted by Gasteiger charge is 2.15. The Morgan fingerprint density at radius 2 is 1.62 bits per heavy atom. The Morgan fingerprint density at radius 1 is 1.10 bits per heavy atom. The van der Waals surface area contributed by atoms with Gasteiger partial charge in [-0.15, -0.1) is 0 Å². The average Bonchev–Trinajstić information content (AvgIpc) is 2.79. The fourth-order valence-corrected chi connectivity index (χ4v) is 1.55. The molecule has 0 aromatic carbocycles. The van der Waals surface area contributed by atoms with Crippen molar-refractivity contribution in [2.75, 3.05) is 6.54 Å². The molecule has 2 heterocycles. The van der Waals surface area contributed by atoms with Gasteiger partial charge in [0.1, 0.15) is 0 Å². The SMILES string of the molecule is [O-][Cl+3]([O-])([O-])O.[O-][Cl+3]([O-])([O-])O.c1cncc(C2CCCN2)c1. The number of pyridine rings is 1. The normalized spacial score (nSPS) is 18.2. The minimum Gasteiger partial charge on any atom is -0.310 e. The Hall–Kier alpha value is -0.630. The molecule has 0 radical (unpaired) electrons. The van der Waals surface area contributed by atoms with Crippen molar-refractivity contribution in [1.29, 1.82) is 0 Å². The maximum atomic E-state index is 8.60. The number of hydrogen-bond donors (Lipinski definition) is 3. The van der Waals surface area contributed by atoms with Crippen LogP contribution >= 0.6 is 0 Å². The summed E-state index contributed by atoms with van der Waals surface area (Å²) < 4.78 is 65.4. The minimum absolute atomic E-state index is 0.559. The van der Waals surface area contributed by atoms with Crippen molar-refractivity contribution >= 4 is 0 Å². The molecule has 10 nitrogen and oxygen atoms in total. The van der Waals surface area contributed by atoms with Gasteiger partial charge in [0.25, 0.3) is 0 Å². The molecule has 1 aromatic rings. The standard InChI is InChI=1S/C9H12N2.2ClHO4/c1-3-8(7-10-5-1)9-4-2-6-11-9;2*2-1(3,4)5/h1,3,5,7,9,11H,2,4,6H2;2*(H,2,3,4,5). The first-order valence-electron chi connectivity index (χ1n) is 5.36. The second kappa shape index (κ2) is 9.40. The number of aromatic nitrogens is 1. The van der Waals surface area contributed by atoms with Crippen LogP contribution in [0.3, 0.4) is 0 Å². The predicted octanol–water partition coefficient (Wildman–Crippen LogP) is -6.74. The molecule has 3 N–H and O–H groups in total. The molecular weight excluding hydrogens is 335 g/mol. The monoisotopic (exact) mass is 348 g/mol. The van der Waals surface area contributed by atoms with Crippen LogP contribution in [-0.4, -0.2) is 20.8 Å². The van der Waals surface area contributed by atoms with Gasteiger partial charge in [-0.1, -0.05) is 6.07 Å². The smallest absolute Gasteiger partial charge is 0.0777 e. The summed E-state index contributed by atoms with van der Waals surface area (Å²) in [6, 6.07) is 4.69. The van der Waals surface area contributed by atoms with Crippen LogP contribution in [0.5, 0.6) is 0 Å². The van der Waals surface area contributed by atoms with Crippen LogP contribution in [0.25, 0.3) is 0 Å². The summed E-state index contributed by atoms with van der Waals surface area (Å²) in [5.41, 5.74) is 1.32. The van der Waals surface area contributed by atoms with E-state index in [4.69, 9.17) is 37.3 Å². The molecule has 0 spiro atoms. The van der Waals surface area contributed by atoms with Crippen molar-refractivity contribution in [3.63, 3.8) is 0 Å². The van der Waals surface area contributed by atoms with E-state index in [0.29, 0.717) is 6.04 Å². The molecule has 1 saturated heterocycles. The summed E-state index contributed by atoms with van der Waals surface area (Å²) in [7, 11) is -9.39. The number of nitrogens with one attached hydrogen (secondary N) is 1. The van der Waals surface area contributed by atoms with Gasteiger partial charge in [0.2, 0.25) is 0 Å². The van der Waals surface area contributed by atoms with Gasteiger partial charge in [0.05, 0.1) is 29.8 Å². The molecule has 122 valence electrons. The molecule has 0 amide bonds. The molecule has 1 atom stereocenters. The summed E-state index contributed by atoms with van der Waals surface area (Å²) in [6.07, 6.45) is 6.31. The van der Waals surface area contributed by atoms with E-state index in [1.165, 1.54) is 18.4 Å². The molecule has 0 aliphatic carbocycles. The van der Waals surface area contributed by atoms with Crippen LogP contribution in [0.4, 0.5) is 0 Å². The van der Waals surface area contributed by atoms with Gasteiger partial charge >= 0.3 is 0 Å². The summed E-state index contributed by atoms with van der Waals surface area (Å²) in [5, 5.41) is 3.43. The van der Waals surface area contributed by atoms with Gasteiger partial charge in [-0.05, 0) is 31.0 Å². The Bertz CT molecular complexity index is 354. The van der Waals surface area contributed by atoms with Crippen LogP contribution in [-0.2, 0) is 0 Å². The highest BCUT2D eigenvalue weighted by atomic mass is 35.7. The second-order valence-corrected chi connectivity index (χ2v) is 5.31. The summed E-state index contributed by atoms with van der Waals surface area (Å²) in [6.45, 7) is 1.15. The number of nitrogens with zero attached hydrogens (tertiary/aromatic N) is 1. The first kappa shape index (κ1) is 20.4. The van der Waals surface area contributed by atoms with Crippen molar-refractivity contribution in [1.82, 2.24) is 10.3 Å². The van der Waals surface area contributed by atoms with E-state index in [1.54, 1.807) is 0 Å². The van der Waals surface area contributed by atoms with E-state index in [2.05, 4.69) is 16.4 Å². The Labute approximate surface area is 124 Å². The largest absolute Gasteiger partial charge is 0.310 e. The molecule has 1 aliphatic heterocycles. The molecule has 2 rings (SSSR count). The van der Waals surface area contributed by atoms with E-state index in [9.17, 15) is 0 Å². The first-order valence-corrected chi connectivity index (χ1v) is 7.89. The van der Waals surface area contributed by atoms with E-state index >= 15 is 0 Å². The van der Waals surface area contributed by atoms with Gasteiger partial charge in [-0.2, -0.15) is 28.0 Å². The van der Waals surface area contributed by atoms with Gasteiger partial charge in [-0.25, -0.2) is 0 Å². The molecule has 1 unspecified atom stereocenters. The molecule has 0 saturated carbocycles. The van der Waals surface area contributed by atoms with Crippen LogP contribution in [0.1, 0.15) is 24.4 Å². The van der Waals surface area contributed by atoms with Crippen molar-refractivity contribution in [2.24, 2.45) is 0 Å². The zero-order valence-electron chi connectivity index (χ0n) is 10.6. The predicted molar refractivity (Wildman–Crippen MR) is 48.7 cm³/mol. The number of rotatable bonds is 1. The fourth-order valence-electron chi connectivity index (χ4n) is 1.55. The third-order valence-corrected chi connectivity index (χ3v) is 2.15. The molecular formula is C9H14Cl2N2O8. The van der Waals surface area contributed by atoms with E-state index in [-0.39, 0.29) is 0 Å². The lowest BCUT2D eigenvalue weighted by molar-refractivity contribution is -1.92. The fraction of sp³-hybridized carbons (Fsp3) is 0.444. The summed E-state index contributed by atoms with van der Waals surface area (Å²) in [4.78, 5) is 4.09. The van der Waals surface area contributed by atoms with E-state index in [0.717, 1.165) is 6.54 Å². The Balaban J connectivity index is 0.000000340. The third-order valence-electron chi connectivity index (χ3n) is 2.15. The lowest BCUT2D eigenvalue weighted by Gasteiger charge is -2.08. The highest BCUT2D eigenvalue weighted by molar-refractivity contribution is 5.14. The van der Waals surface area contributed by atoms with E-state index < -0.39 is 20.5 Å². The van der Waals surface area contributed by atoms with Crippen LogP contribution in [0, 0.1) is 20.5 Å². The molecule has 0 bridgehead atoms. The topological polar surface area (TPSA) is 204 Å². The van der Waals surface area contributed by atoms with Gasteiger partial charge in [0, 0.05) is 18.4 Å². The molecule has 1 aromatic heterocycles. The summed E-state index contributed by atoms with van der Waals surface area (Å²) in [5.74, 6) is 0. The molecule has 12 heteroatoms. The zero-order chi connectivity index (χ0) is 16.5. The highest BCUT2D eigenvalue weighted by Crippen LogP contribution is 2.21. The number of hydrogen-bond acceptors (Lipinski definition) is 10. The van der Waals surface area contributed by atoms with Gasteiger partial charge < -0.3 is 5.32 Å². The van der Waals surface area contributed by atoms with Crippen molar-refractivity contribution in [3.8, 4) is 0 Å². The van der Waals surface area contributed by atoms with Crippen LogP contribution in [0.15, 0.2) is 24.5 Å². The van der Waals surface area contributed by atoms with Crippen LogP contribution < -0.4 is 33.3 Å². The Morgan fingerprint density at radius 3 is 1.95 bits per heavy atom. The quantitative estimate of drug-likeness (QED) is 0.437. The summed E-state index contributed by atoms with van der Waals surface area (Å²) >= 11 is 0. The average molecular weight is 349 g/mol. The van der Waals surface area contributed by atoms with Crippen molar-refractivity contribution in [3.05, 3.63) is 30.1 Å². The van der Waals surface area contributed by atoms with Crippen molar-refractivity contribution in [2.45, 2.75) is 18.9 Å². The van der Waals surface area contributed by atoms with Gasteiger partial charge in [0.15, 0.2) is 0 Å². The second-order valence-electron chi connectivity index (χ2n) is 3.73.